The minimum Gasteiger partial charge on any atom is -0.391 e. The van der Waals surface area contributed by atoms with E-state index in [2.05, 4.69) is 9.73 Å². The van der Waals surface area contributed by atoms with Gasteiger partial charge in [0.25, 0.3) is 0 Å². The van der Waals surface area contributed by atoms with E-state index in [9.17, 15) is 14.4 Å². The number of isocyanates is 1. The molecule has 1 atom stereocenters. The lowest BCUT2D eigenvalue weighted by Gasteiger charge is -2.28. The third kappa shape index (κ3) is 1.88. The Hall–Kier alpha value is -1.48. The van der Waals surface area contributed by atoms with E-state index >= 15 is 0 Å². The Bertz CT molecular complexity index is 306. The zero-order chi connectivity index (χ0) is 10.6. The van der Waals surface area contributed by atoms with Gasteiger partial charge in [0, 0.05) is 6.42 Å². The van der Waals surface area contributed by atoms with Gasteiger partial charge in [-0.1, -0.05) is 13.3 Å². The number of nitrogens with zero attached hydrogens (tertiary/aromatic N) is 1. The van der Waals surface area contributed by atoms with Crippen molar-refractivity contribution in [1.29, 1.82) is 0 Å². The topological polar surface area (TPSA) is 72.8 Å². The first kappa shape index (κ1) is 10.6. The Morgan fingerprint density at radius 3 is 2.79 bits per heavy atom. The molecule has 0 aromatic heterocycles. The smallest absolute Gasteiger partial charge is 0.342 e. The molecule has 1 aliphatic heterocycles. The number of aliphatic imine (C=N–C) groups is 1. The maximum absolute atomic E-state index is 11.4. The number of hydrogen-bond acceptors (Lipinski definition) is 5. The molecule has 0 saturated carbocycles. The molecular weight excluding hydrogens is 186 g/mol. The van der Waals surface area contributed by atoms with Crippen molar-refractivity contribution >= 4 is 18.0 Å². The van der Waals surface area contributed by atoms with E-state index in [0.29, 0.717) is 12.8 Å². The number of carbonyl (C=O) groups excluding carboxylic acids is 3. The van der Waals surface area contributed by atoms with Crippen molar-refractivity contribution in [1.82, 2.24) is 0 Å². The van der Waals surface area contributed by atoms with Crippen LogP contribution >= 0.6 is 0 Å². The van der Waals surface area contributed by atoms with Crippen molar-refractivity contribution < 1.29 is 19.1 Å². The van der Waals surface area contributed by atoms with Crippen LogP contribution in [0.5, 0.6) is 0 Å². The molecule has 0 unspecified atom stereocenters. The predicted octanol–water partition coefficient (Wildman–Crippen LogP) is 0.725. The van der Waals surface area contributed by atoms with E-state index in [1.807, 2.05) is 6.92 Å². The highest BCUT2D eigenvalue weighted by Crippen LogP contribution is 2.29. The molecule has 1 saturated heterocycles. The molecule has 1 aliphatic rings. The van der Waals surface area contributed by atoms with E-state index in [4.69, 9.17) is 0 Å². The third-order valence-corrected chi connectivity index (χ3v) is 2.25. The van der Waals surface area contributed by atoms with Crippen molar-refractivity contribution in [2.24, 2.45) is 4.99 Å². The molecule has 14 heavy (non-hydrogen) atoms. The maximum atomic E-state index is 11.4. The van der Waals surface area contributed by atoms with Crippen LogP contribution in [0.1, 0.15) is 32.6 Å². The van der Waals surface area contributed by atoms with E-state index in [0.717, 1.165) is 0 Å². The lowest BCUT2D eigenvalue weighted by Crippen LogP contribution is -2.43. The van der Waals surface area contributed by atoms with Crippen molar-refractivity contribution in [3.63, 3.8) is 0 Å². The van der Waals surface area contributed by atoms with Gasteiger partial charge in [-0.2, -0.15) is 4.99 Å². The first-order valence-corrected chi connectivity index (χ1v) is 4.49. The summed E-state index contributed by atoms with van der Waals surface area (Å²) in [4.78, 5) is 35.9. The van der Waals surface area contributed by atoms with Gasteiger partial charge in [-0.25, -0.2) is 9.59 Å². The van der Waals surface area contributed by atoms with Crippen LogP contribution in [0, 0.1) is 0 Å². The van der Waals surface area contributed by atoms with Crippen molar-refractivity contribution in [2.75, 3.05) is 0 Å². The van der Waals surface area contributed by atoms with Crippen LogP contribution in [-0.2, 0) is 19.1 Å². The van der Waals surface area contributed by atoms with Crippen LogP contribution < -0.4 is 0 Å². The van der Waals surface area contributed by atoms with Crippen molar-refractivity contribution in [3.05, 3.63) is 0 Å². The fraction of sp³-hybridized carbons (Fsp3) is 0.667. The quantitative estimate of drug-likeness (QED) is 0.289. The first-order valence-electron chi connectivity index (χ1n) is 4.49. The predicted molar refractivity (Wildman–Crippen MR) is 46.1 cm³/mol. The number of cyclic esters (lactones) is 2. The summed E-state index contributed by atoms with van der Waals surface area (Å²) in [6.45, 7) is 1.87. The first-order chi connectivity index (χ1) is 6.64. The lowest BCUT2D eigenvalue weighted by atomic mass is 9.87. The van der Waals surface area contributed by atoms with Gasteiger partial charge >= 0.3 is 11.9 Å². The molecule has 0 aromatic carbocycles. The van der Waals surface area contributed by atoms with Crippen LogP contribution in [-0.4, -0.2) is 23.6 Å². The molecule has 0 aromatic rings. The SMILES string of the molecule is CCC[C@]1(N=C=O)CCC(=O)OC1=O. The molecule has 5 nitrogen and oxygen atoms in total. The number of esters is 2. The van der Waals surface area contributed by atoms with Gasteiger partial charge in [-0.3, -0.25) is 4.79 Å². The molecule has 0 radical (unpaired) electrons. The van der Waals surface area contributed by atoms with Crippen molar-refractivity contribution in [3.8, 4) is 0 Å². The largest absolute Gasteiger partial charge is 0.391 e. The summed E-state index contributed by atoms with van der Waals surface area (Å²) in [6, 6.07) is 0. The van der Waals surface area contributed by atoms with Gasteiger partial charge in [0.1, 0.15) is 0 Å². The molecule has 0 N–H and O–H groups in total. The highest BCUT2D eigenvalue weighted by molar-refractivity contribution is 5.94. The summed E-state index contributed by atoms with van der Waals surface area (Å²) in [7, 11) is 0. The molecule has 1 rings (SSSR count). The summed E-state index contributed by atoms with van der Waals surface area (Å²) in [5, 5.41) is 0. The van der Waals surface area contributed by atoms with Crippen LogP contribution in [0.4, 0.5) is 0 Å². The minimum atomic E-state index is -1.16. The Morgan fingerprint density at radius 2 is 2.29 bits per heavy atom. The Kier molecular flexibility index (Phi) is 3.14. The van der Waals surface area contributed by atoms with Crippen LogP contribution in [0.2, 0.25) is 0 Å². The second-order valence-corrected chi connectivity index (χ2v) is 3.25. The summed E-state index contributed by atoms with van der Waals surface area (Å²) in [5.74, 6) is -1.28. The van der Waals surface area contributed by atoms with E-state index in [1.165, 1.54) is 6.08 Å². The average Bonchev–Trinajstić information content (AvgIpc) is 2.13. The second kappa shape index (κ2) is 4.15. The molecule has 0 spiro atoms. The van der Waals surface area contributed by atoms with Crippen LogP contribution in [0.3, 0.4) is 0 Å². The van der Waals surface area contributed by atoms with Gasteiger partial charge in [0.05, 0.1) is 0 Å². The molecule has 5 heteroatoms. The fourth-order valence-corrected chi connectivity index (χ4v) is 1.55. The standard InChI is InChI=1S/C9H11NO4/c1-2-4-9(10-6-11)5-3-7(12)14-8(9)13/h2-5H2,1H3/t9-/m0/s1. The number of hydrogen-bond donors (Lipinski definition) is 0. The van der Waals surface area contributed by atoms with Crippen LogP contribution in [0.25, 0.3) is 0 Å². The summed E-state index contributed by atoms with van der Waals surface area (Å²) in [6.07, 6.45) is 2.84. The average molecular weight is 197 g/mol. The molecule has 0 bridgehead atoms. The highest BCUT2D eigenvalue weighted by atomic mass is 16.6. The molecule has 0 aliphatic carbocycles. The van der Waals surface area contributed by atoms with Gasteiger partial charge < -0.3 is 4.74 Å². The summed E-state index contributed by atoms with van der Waals surface area (Å²) < 4.78 is 4.46. The Balaban J connectivity index is 2.91. The normalized spacial score (nSPS) is 26.6. The Labute approximate surface area is 81.1 Å². The lowest BCUT2D eigenvalue weighted by molar-refractivity contribution is -0.169. The van der Waals surface area contributed by atoms with E-state index in [1.54, 1.807) is 0 Å². The molecule has 1 fully saturated rings. The second-order valence-electron chi connectivity index (χ2n) is 3.25. The summed E-state index contributed by atoms with van der Waals surface area (Å²) in [5.41, 5.74) is -1.16. The van der Waals surface area contributed by atoms with E-state index in [-0.39, 0.29) is 12.8 Å². The van der Waals surface area contributed by atoms with Crippen LogP contribution in [0.15, 0.2) is 4.99 Å². The van der Waals surface area contributed by atoms with Gasteiger partial charge in [0.2, 0.25) is 6.08 Å². The van der Waals surface area contributed by atoms with Crippen molar-refractivity contribution in [2.45, 2.75) is 38.1 Å². The number of rotatable bonds is 3. The monoisotopic (exact) mass is 197 g/mol. The maximum Gasteiger partial charge on any atom is 0.342 e. The summed E-state index contributed by atoms with van der Waals surface area (Å²) >= 11 is 0. The fourth-order valence-electron chi connectivity index (χ4n) is 1.55. The zero-order valence-corrected chi connectivity index (χ0v) is 7.91. The van der Waals surface area contributed by atoms with Gasteiger partial charge in [-0.05, 0) is 12.8 Å². The molecule has 0 amide bonds. The molecule has 76 valence electrons. The third-order valence-electron chi connectivity index (χ3n) is 2.25. The minimum absolute atomic E-state index is 0.122. The van der Waals surface area contributed by atoms with E-state index < -0.39 is 17.5 Å². The molecule has 1 heterocycles. The highest BCUT2D eigenvalue weighted by Gasteiger charge is 2.44. The van der Waals surface area contributed by atoms with Gasteiger partial charge in [-0.15, -0.1) is 0 Å². The van der Waals surface area contributed by atoms with Gasteiger partial charge in [0.15, 0.2) is 5.54 Å². The molecular formula is C9H11NO4. The zero-order valence-electron chi connectivity index (χ0n) is 7.91. The number of carbonyl (C=O) groups is 2. The number of ether oxygens (including phenoxy) is 1. The Morgan fingerprint density at radius 1 is 1.57 bits per heavy atom.